The lowest BCUT2D eigenvalue weighted by atomic mass is 9.97. The highest BCUT2D eigenvalue weighted by Crippen LogP contribution is 2.36. The molecule has 0 aliphatic heterocycles. The molecule has 0 fully saturated rings. The van der Waals surface area contributed by atoms with E-state index >= 15 is 0 Å². The normalized spacial score (nSPS) is 14.6. The number of aryl methyl sites for hydroxylation is 3. The maximum absolute atomic E-state index is 13.0. The van der Waals surface area contributed by atoms with E-state index in [9.17, 15) is 4.79 Å². The molecule has 1 N–H and O–H groups in total. The molecule has 1 amide bonds. The summed E-state index contributed by atoms with van der Waals surface area (Å²) in [5.74, 6) is 0.900. The number of carbonyl (C=O) groups is 1. The smallest absolute Gasteiger partial charge is 0.255 e. The summed E-state index contributed by atoms with van der Waals surface area (Å²) in [6.07, 6.45) is 7.70. The fourth-order valence-electron chi connectivity index (χ4n) is 4.92. The molecule has 0 bridgehead atoms. The highest BCUT2D eigenvalue weighted by Gasteiger charge is 2.24. The zero-order valence-electron chi connectivity index (χ0n) is 20.1. The monoisotopic (exact) mass is 475 g/mol. The van der Waals surface area contributed by atoms with Crippen LogP contribution in [0.1, 0.15) is 45.4 Å². The number of hydrogen-bond acceptors (Lipinski definition) is 5. The Hall–Kier alpha value is -4.52. The summed E-state index contributed by atoms with van der Waals surface area (Å²) in [5, 5.41) is 11.1. The van der Waals surface area contributed by atoms with Gasteiger partial charge in [-0.2, -0.15) is 0 Å². The molecule has 7 heteroatoms. The third kappa shape index (κ3) is 4.09. The summed E-state index contributed by atoms with van der Waals surface area (Å²) < 4.78 is 7.73. The van der Waals surface area contributed by atoms with Crippen LogP contribution < -0.4 is 5.32 Å². The highest BCUT2D eigenvalue weighted by atomic mass is 16.4. The molecule has 0 radical (unpaired) electrons. The summed E-state index contributed by atoms with van der Waals surface area (Å²) >= 11 is 0. The molecule has 0 saturated heterocycles. The molecule has 7 nitrogen and oxygen atoms in total. The minimum Gasteiger partial charge on any atom is -0.421 e. The molecule has 1 aliphatic rings. The largest absolute Gasteiger partial charge is 0.421 e. The van der Waals surface area contributed by atoms with Gasteiger partial charge in [0.1, 0.15) is 0 Å². The second-order valence-corrected chi connectivity index (χ2v) is 9.17. The number of carbonyl (C=O) groups excluding carboxylic acids is 1. The van der Waals surface area contributed by atoms with E-state index < -0.39 is 0 Å². The van der Waals surface area contributed by atoms with Gasteiger partial charge < -0.3 is 14.3 Å². The second kappa shape index (κ2) is 8.92. The Balaban J connectivity index is 1.19. The molecule has 6 rings (SSSR count). The number of rotatable bonds is 5. The van der Waals surface area contributed by atoms with E-state index in [4.69, 9.17) is 4.42 Å². The van der Waals surface area contributed by atoms with Gasteiger partial charge in [-0.15, -0.1) is 10.2 Å². The summed E-state index contributed by atoms with van der Waals surface area (Å²) in [5.41, 5.74) is 8.05. The van der Waals surface area contributed by atoms with Gasteiger partial charge in [0.2, 0.25) is 11.8 Å². The maximum atomic E-state index is 13.0. The van der Waals surface area contributed by atoms with Crippen molar-refractivity contribution >= 4 is 11.6 Å². The van der Waals surface area contributed by atoms with Crippen molar-refractivity contribution < 1.29 is 9.21 Å². The van der Waals surface area contributed by atoms with E-state index in [0.29, 0.717) is 23.4 Å². The summed E-state index contributed by atoms with van der Waals surface area (Å²) in [6, 6.07) is 20.2. The molecule has 36 heavy (non-hydrogen) atoms. The first kappa shape index (κ1) is 22.0. The van der Waals surface area contributed by atoms with Gasteiger partial charge in [0.15, 0.2) is 0 Å². The fourth-order valence-corrected chi connectivity index (χ4v) is 4.92. The lowest BCUT2D eigenvalue weighted by Gasteiger charge is -2.14. The van der Waals surface area contributed by atoms with Crippen LogP contribution >= 0.6 is 0 Å². The van der Waals surface area contributed by atoms with Crippen LogP contribution in [0.3, 0.4) is 0 Å². The molecular formula is C29H25N5O2. The SMILES string of the molecule is Cc1nnc(-c2ccc(C)c(-c3ccc(C(=O)Nc4ccc5c(c4)CCC5n4ccnc4)cc3)c2)o1. The molecular weight excluding hydrogens is 450 g/mol. The zero-order chi connectivity index (χ0) is 24.6. The topological polar surface area (TPSA) is 85.8 Å². The Morgan fingerprint density at radius 3 is 2.58 bits per heavy atom. The van der Waals surface area contributed by atoms with Crippen LogP contribution in [-0.2, 0) is 6.42 Å². The number of aromatic nitrogens is 4. The average molecular weight is 476 g/mol. The summed E-state index contributed by atoms with van der Waals surface area (Å²) in [4.78, 5) is 17.1. The molecule has 1 aliphatic carbocycles. The lowest BCUT2D eigenvalue weighted by Crippen LogP contribution is -2.12. The molecule has 2 heterocycles. The summed E-state index contributed by atoms with van der Waals surface area (Å²) in [7, 11) is 0. The first-order chi connectivity index (χ1) is 17.5. The van der Waals surface area contributed by atoms with Crippen LogP contribution in [0.5, 0.6) is 0 Å². The lowest BCUT2D eigenvalue weighted by molar-refractivity contribution is 0.102. The molecule has 5 aromatic rings. The van der Waals surface area contributed by atoms with Crippen molar-refractivity contribution in [2.24, 2.45) is 0 Å². The van der Waals surface area contributed by atoms with Crippen molar-refractivity contribution in [2.45, 2.75) is 32.7 Å². The standard InChI is InChI=1S/C29H25N5O2/c1-18-3-4-23(29-33-32-19(2)36-29)16-26(18)20-5-7-21(8-6-20)28(35)31-24-10-11-25-22(15-24)9-12-27(25)34-14-13-30-17-34/h3-8,10-11,13-17,27H,9,12H2,1-2H3,(H,31,35). The fraction of sp³-hybridized carbons (Fsp3) is 0.172. The molecule has 0 saturated carbocycles. The quantitative estimate of drug-likeness (QED) is 0.337. The van der Waals surface area contributed by atoms with Gasteiger partial charge in [-0.05, 0) is 84.0 Å². The average Bonchev–Trinajstić information content (AvgIpc) is 3.65. The van der Waals surface area contributed by atoms with E-state index in [1.54, 1.807) is 6.92 Å². The Labute approximate surface area is 208 Å². The highest BCUT2D eigenvalue weighted by molar-refractivity contribution is 6.04. The number of fused-ring (bicyclic) bond motifs is 1. The molecule has 1 atom stereocenters. The van der Waals surface area contributed by atoms with Gasteiger partial charge in [-0.25, -0.2) is 4.98 Å². The Kier molecular flexibility index (Phi) is 5.45. The van der Waals surface area contributed by atoms with Crippen molar-refractivity contribution in [3.8, 4) is 22.6 Å². The Morgan fingerprint density at radius 1 is 1.00 bits per heavy atom. The van der Waals surface area contributed by atoms with Crippen LogP contribution in [0.4, 0.5) is 5.69 Å². The molecule has 3 aromatic carbocycles. The second-order valence-electron chi connectivity index (χ2n) is 9.17. The first-order valence-corrected chi connectivity index (χ1v) is 12.0. The van der Waals surface area contributed by atoms with E-state index in [0.717, 1.165) is 40.8 Å². The van der Waals surface area contributed by atoms with Gasteiger partial charge in [-0.3, -0.25) is 4.79 Å². The number of benzene rings is 3. The molecule has 1 unspecified atom stereocenters. The molecule has 0 spiro atoms. The van der Waals surface area contributed by atoms with Crippen LogP contribution in [0.15, 0.2) is 83.8 Å². The third-order valence-electron chi connectivity index (χ3n) is 6.80. The maximum Gasteiger partial charge on any atom is 0.255 e. The van der Waals surface area contributed by atoms with E-state index in [1.807, 2.05) is 67.3 Å². The minimum atomic E-state index is -0.127. The van der Waals surface area contributed by atoms with Gasteiger partial charge in [0.05, 0.1) is 12.4 Å². The molecule has 2 aromatic heterocycles. The van der Waals surface area contributed by atoms with Gasteiger partial charge >= 0.3 is 0 Å². The number of anilines is 1. The van der Waals surface area contributed by atoms with Gasteiger partial charge in [0.25, 0.3) is 5.91 Å². The Bertz CT molecular complexity index is 1550. The van der Waals surface area contributed by atoms with Crippen molar-refractivity contribution in [1.29, 1.82) is 0 Å². The third-order valence-corrected chi connectivity index (χ3v) is 6.80. The number of nitrogens with zero attached hydrogens (tertiary/aromatic N) is 4. The minimum absolute atomic E-state index is 0.127. The predicted octanol–water partition coefficient (Wildman–Crippen LogP) is 6.00. The Morgan fingerprint density at radius 2 is 1.83 bits per heavy atom. The van der Waals surface area contributed by atoms with Crippen molar-refractivity contribution in [2.75, 3.05) is 5.32 Å². The van der Waals surface area contributed by atoms with Crippen LogP contribution in [0.2, 0.25) is 0 Å². The zero-order valence-corrected chi connectivity index (χ0v) is 20.1. The number of imidazole rings is 1. The number of nitrogens with one attached hydrogen (secondary N) is 1. The molecule has 178 valence electrons. The van der Waals surface area contributed by atoms with Gasteiger partial charge in [0, 0.05) is 36.1 Å². The van der Waals surface area contributed by atoms with E-state index in [2.05, 4.69) is 44.1 Å². The van der Waals surface area contributed by atoms with Crippen molar-refractivity contribution in [3.63, 3.8) is 0 Å². The number of amides is 1. The van der Waals surface area contributed by atoms with Crippen LogP contribution in [0, 0.1) is 13.8 Å². The van der Waals surface area contributed by atoms with E-state index in [-0.39, 0.29) is 5.91 Å². The van der Waals surface area contributed by atoms with Gasteiger partial charge in [-0.1, -0.05) is 24.3 Å². The van der Waals surface area contributed by atoms with E-state index in [1.165, 1.54) is 11.1 Å². The predicted molar refractivity (Wildman–Crippen MR) is 138 cm³/mol. The summed E-state index contributed by atoms with van der Waals surface area (Å²) in [6.45, 7) is 3.83. The van der Waals surface area contributed by atoms with Crippen molar-refractivity contribution in [3.05, 3.63) is 108 Å². The van der Waals surface area contributed by atoms with Crippen LogP contribution in [0.25, 0.3) is 22.6 Å². The number of hydrogen-bond donors (Lipinski definition) is 1. The van der Waals surface area contributed by atoms with Crippen molar-refractivity contribution in [1.82, 2.24) is 19.7 Å². The van der Waals surface area contributed by atoms with Crippen LogP contribution in [-0.4, -0.2) is 25.7 Å². The first-order valence-electron chi connectivity index (χ1n) is 12.0.